The van der Waals surface area contributed by atoms with E-state index in [1.54, 1.807) is 0 Å². The molecule has 0 atom stereocenters. The molecule has 3 nitrogen and oxygen atoms in total. The van der Waals surface area contributed by atoms with Gasteiger partial charge in [-0.15, -0.1) is 0 Å². The maximum absolute atomic E-state index is 11.7. The van der Waals surface area contributed by atoms with Gasteiger partial charge in [-0.25, -0.2) is 0 Å². The van der Waals surface area contributed by atoms with Crippen molar-refractivity contribution >= 4 is 5.91 Å². The molecule has 0 heterocycles. The highest BCUT2D eigenvalue weighted by atomic mass is 16.1. The van der Waals surface area contributed by atoms with Crippen LogP contribution in [0.25, 0.3) is 0 Å². The Morgan fingerprint density at radius 1 is 1.06 bits per heavy atom. The van der Waals surface area contributed by atoms with Gasteiger partial charge in [-0.2, -0.15) is 0 Å². The highest BCUT2D eigenvalue weighted by Crippen LogP contribution is 2.02. The normalized spacial score (nSPS) is 9.33. The molecule has 1 amide bonds. The zero-order valence-electron chi connectivity index (χ0n) is 12.0. The standard InChI is InChI=1S/C13H20N2O.C2H6/c1-11-5-7-12(8-6-11)13(16)15-10-4-3-9-14-2;1-2/h5-8,14H,3-4,9-10H2,1-2H3,(H,15,16);1-2H3. The summed E-state index contributed by atoms with van der Waals surface area (Å²) in [4.78, 5) is 11.7. The quantitative estimate of drug-likeness (QED) is 0.762. The molecule has 1 rings (SSSR count). The van der Waals surface area contributed by atoms with Crippen molar-refractivity contribution in [3.05, 3.63) is 35.4 Å². The van der Waals surface area contributed by atoms with Crippen LogP contribution in [-0.4, -0.2) is 26.0 Å². The van der Waals surface area contributed by atoms with Crippen LogP contribution in [0.2, 0.25) is 0 Å². The second kappa shape index (κ2) is 10.8. The summed E-state index contributed by atoms with van der Waals surface area (Å²) in [5.41, 5.74) is 1.91. The summed E-state index contributed by atoms with van der Waals surface area (Å²) in [5, 5.41) is 5.99. The molecule has 1 aromatic rings. The van der Waals surface area contributed by atoms with Gasteiger partial charge >= 0.3 is 0 Å². The Labute approximate surface area is 111 Å². The van der Waals surface area contributed by atoms with E-state index in [4.69, 9.17) is 0 Å². The molecule has 0 saturated carbocycles. The molecule has 18 heavy (non-hydrogen) atoms. The van der Waals surface area contributed by atoms with E-state index >= 15 is 0 Å². The van der Waals surface area contributed by atoms with E-state index in [0.29, 0.717) is 0 Å². The molecule has 0 fully saturated rings. The topological polar surface area (TPSA) is 41.1 Å². The predicted molar refractivity (Wildman–Crippen MR) is 78.0 cm³/mol. The zero-order valence-corrected chi connectivity index (χ0v) is 12.0. The number of amides is 1. The maximum atomic E-state index is 11.7. The number of carbonyl (C=O) groups is 1. The first-order valence-electron chi connectivity index (χ1n) is 6.73. The van der Waals surface area contributed by atoms with Gasteiger partial charge in [-0.05, 0) is 45.5 Å². The van der Waals surface area contributed by atoms with Crippen LogP contribution in [0.3, 0.4) is 0 Å². The molecule has 0 spiro atoms. The number of hydrogen-bond acceptors (Lipinski definition) is 2. The largest absolute Gasteiger partial charge is 0.352 e. The van der Waals surface area contributed by atoms with Crippen molar-refractivity contribution in [1.29, 1.82) is 0 Å². The lowest BCUT2D eigenvalue weighted by Crippen LogP contribution is -2.25. The van der Waals surface area contributed by atoms with E-state index in [2.05, 4.69) is 10.6 Å². The molecule has 0 aliphatic rings. The maximum Gasteiger partial charge on any atom is 0.251 e. The average Bonchev–Trinajstić information content (AvgIpc) is 2.41. The molecule has 102 valence electrons. The summed E-state index contributed by atoms with van der Waals surface area (Å²) in [6.07, 6.45) is 2.10. The van der Waals surface area contributed by atoms with Crippen molar-refractivity contribution in [2.75, 3.05) is 20.1 Å². The van der Waals surface area contributed by atoms with Crippen molar-refractivity contribution in [3.8, 4) is 0 Å². The van der Waals surface area contributed by atoms with Crippen molar-refractivity contribution < 1.29 is 4.79 Å². The molecular weight excluding hydrogens is 224 g/mol. The van der Waals surface area contributed by atoms with Crippen molar-refractivity contribution in [1.82, 2.24) is 10.6 Å². The Morgan fingerprint density at radius 3 is 2.17 bits per heavy atom. The third-order valence-corrected chi connectivity index (χ3v) is 2.45. The number of rotatable bonds is 6. The molecular formula is C15H26N2O. The molecule has 0 aromatic heterocycles. The van der Waals surface area contributed by atoms with Gasteiger partial charge in [-0.1, -0.05) is 31.5 Å². The summed E-state index contributed by atoms with van der Waals surface area (Å²) >= 11 is 0. The molecule has 0 saturated heterocycles. The van der Waals surface area contributed by atoms with E-state index in [-0.39, 0.29) is 5.91 Å². The third kappa shape index (κ3) is 7.07. The van der Waals surface area contributed by atoms with Gasteiger partial charge in [0.05, 0.1) is 0 Å². The minimum absolute atomic E-state index is 0.0180. The fraction of sp³-hybridized carbons (Fsp3) is 0.533. The highest BCUT2D eigenvalue weighted by Gasteiger charge is 2.02. The second-order valence-electron chi connectivity index (χ2n) is 3.93. The van der Waals surface area contributed by atoms with Crippen LogP contribution >= 0.6 is 0 Å². The number of benzene rings is 1. The van der Waals surface area contributed by atoms with E-state index in [1.807, 2.05) is 52.1 Å². The minimum atomic E-state index is 0.0180. The van der Waals surface area contributed by atoms with Crippen molar-refractivity contribution in [2.24, 2.45) is 0 Å². The monoisotopic (exact) mass is 250 g/mol. The van der Waals surface area contributed by atoms with Gasteiger partial charge < -0.3 is 10.6 Å². The lowest BCUT2D eigenvalue weighted by Gasteiger charge is -2.05. The van der Waals surface area contributed by atoms with Gasteiger partial charge in [0.1, 0.15) is 0 Å². The summed E-state index contributed by atoms with van der Waals surface area (Å²) in [5.74, 6) is 0.0180. The second-order valence-corrected chi connectivity index (χ2v) is 3.93. The lowest BCUT2D eigenvalue weighted by atomic mass is 10.1. The van der Waals surface area contributed by atoms with Crippen LogP contribution in [-0.2, 0) is 0 Å². The van der Waals surface area contributed by atoms with Crippen LogP contribution in [0.15, 0.2) is 24.3 Å². The number of aryl methyl sites for hydroxylation is 1. The molecule has 0 bridgehead atoms. The van der Waals surface area contributed by atoms with Gasteiger partial charge in [0.25, 0.3) is 5.91 Å². The average molecular weight is 250 g/mol. The Balaban J connectivity index is 0.00000137. The van der Waals surface area contributed by atoms with E-state index < -0.39 is 0 Å². The van der Waals surface area contributed by atoms with Gasteiger partial charge in [-0.3, -0.25) is 4.79 Å². The van der Waals surface area contributed by atoms with Crippen molar-refractivity contribution in [3.63, 3.8) is 0 Å². The summed E-state index contributed by atoms with van der Waals surface area (Å²) in [7, 11) is 1.94. The van der Waals surface area contributed by atoms with E-state index in [1.165, 1.54) is 5.56 Å². The number of carbonyl (C=O) groups excluding carboxylic acids is 1. The first-order valence-corrected chi connectivity index (χ1v) is 6.73. The minimum Gasteiger partial charge on any atom is -0.352 e. The molecule has 3 heteroatoms. The first kappa shape index (κ1) is 16.6. The Bertz CT molecular complexity index is 320. The predicted octanol–water partition coefficient (Wildman–Crippen LogP) is 2.75. The highest BCUT2D eigenvalue weighted by molar-refractivity contribution is 5.94. The van der Waals surface area contributed by atoms with Gasteiger partial charge in [0.2, 0.25) is 0 Å². The molecule has 0 aliphatic heterocycles. The fourth-order valence-corrected chi connectivity index (χ4v) is 1.44. The van der Waals surface area contributed by atoms with Crippen LogP contribution < -0.4 is 10.6 Å². The smallest absolute Gasteiger partial charge is 0.251 e. The van der Waals surface area contributed by atoms with Crippen LogP contribution in [0.4, 0.5) is 0 Å². The van der Waals surface area contributed by atoms with Gasteiger partial charge in [0, 0.05) is 12.1 Å². The number of nitrogens with one attached hydrogen (secondary N) is 2. The number of unbranched alkanes of at least 4 members (excludes halogenated alkanes) is 1. The third-order valence-electron chi connectivity index (χ3n) is 2.45. The van der Waals surface area contributed by atoms with Gasteiger partial charge in [0.15, 0.2) is 0 Å². The van der Waals surface area contributed by atoms with Crippen molar-refractivity contribution in [2.45, 2.75) is 33.6 Å². The molecule has 0 unspecified atom stereocenters. The molecule has 1 aromatic carbocycles. The molecule has 0 aliphatic carbocycles. The van der Waals surface area contributed by atoms with E-state index in [9.17, 15) is 4.79 Å². The van der Waals surface area contributed by atoms with Crippen LogP contribution in [0.5, 0.6) is 0 Å². The Hall–Kier alpha value is -1.35. The van der Waals surface area contributed by atoms with Crippen LogP contribution in [0, 0.1) is 6.92 Å². The summed E-state index contributed by atoms with van der Waals surface area (Å²) in [6, 6.07) is 7.63. The van der Waals surface area contributed by atoms with E-state index in [0.717, 1.165) is 31.5 Å². The first-order chi connectivity index (χ1) is 8.74. The Morgan fingerprint density at radius 2 is 1.61 bits per heavy atom. The lowest BCUT2D eigenvalue weighted by molar-refractivity contribution is 0.0953. The SMILES string of the molecule is CC.CNCCCCNC(=O)c1ccc(C)cc1. The van der Waals surface area contributed by atoms with Crippen LogP contribution in [0.1, 0.15) is 42.6 Å². The number of hydrogen-bond donors (Lipinski definition) is 2. The Kier molecular flexibility index (Phi) is 9.97. The summed E-state index contributed by atoms with van der Waals surface area (Å²) in [6.45, 7) is 7.76. The zero-order chi connectivity index (χ0) is 13.8. The summed E-state index contributed by atoms with van der Waals surface area (Å²) < 4.78 is 0. The molecule has 0 radical (unpaired) electrons. The fourth-order valence-electron chi connectivity index (χ4n) is 1.44. The molecule has 2 N–H and O–H groups in total.